The van der Waals surface area contributed by atoms with Crippen LogP contribution in [0.5, 0.6) is 0 Å². The van der Waals surface area contributed by atoms with E-state index in [1.54, 1.807) is 5.57 Å². The molecule has 74 valence electrons. The van der Waals surface area contributed by atoms with E-state index in [9.17, 15) is 0 Å². The SMILES string of the molecule is CC1=CC(C2CCCCC2)NCC1. The molecule has 1 heterocycles. The second kappa shape index (κ2) is 4.28. The molecule has 0 aromatic heterocycles. The van der Waals surface area contributed by atoms with Gasteiger partial charge in [0, 0.05) is 6.04 Å². The normalized spacial score (nSPS) is 31.5. The number of hydrogen-bond donors (Lipinski definition) is 1. The van der Waals surface area contributed by atoms with Crippen LogP contribution in [0.4, 0.5) is 0 Å². The maximum absolute atomic E-state index is 3.64. The van der Waals surface area contributed by atoms with Gasteiger partial charge in [0.25, 0.3) is 0 Å². The van der Waals surface area contributed by atoms with Crippen LogP contribution in [0.3, 0.4) is 0 Å². The van der Waals surface area contributed by atoms with Crippen LogP contribution < -0.4 is 5.32 Å². The monoisotopic (exact) mass is 179 g/mol. The van der Waals surface area contributed by atoms with Crippen LogP contribution in [-0.2, 0) is 0 Å². The second-order valence-corrected chi connectivity index (χ2v) is 4.64. The van der Waals surface area contributed by atoms with E-state index in [1.165, 1.54) is 45.1 Å². The average Bonchev–Trinajstić information content (AvgIpc) is 2.19. The summed E-state index contributed by atoms with van der Waals surface area (Å²) < 4.78 is 0. The van der Waals surface area contributed by atoms with Crippen LogP contribution in [0.25, 0.3) is 0 Å². The van der Waals surface area contributed by atoms with Crippen LogP contribution in [0, 0.1) is 5.92 Å². The summed E-state index contributed by atoms with van der Waals surface area (Å²) >= 11 is 0. The highest BCUT2D eigenvalue weighted by Crippen LogP contribution is 2.28. The molecule has 2 aliphatic rings. The minimum Gasteiger partial charge on any atom is -0.310 e. The van der Waals surface area contributed by atoms with Crippen molar-refractivity contribution in [3.63, 3.8) is 0 Å². The fourth-order valence-corrected chi connectivity index (χ4v) is 2.68. The van der Waals surface area contributed by atoms with Gasteiger partial charge in [-0.15, -0.1) is 0 Å². The van der Waals surface area contributed by atoms with Crippen molar-refractivity contribution in [2.45, 2.75) is 51.5 Å². The molecule has 1 atom stereocenters. The van der Waals surface area contributed by atoms with Gasteiger partial charge in [-0.1, -0.05) is 30.9 Å². The fraction of sp³-hybridized carbons (Fsp3) is 0.833. The second-order valence-electron chi connectivity index (χ2n) is 4.64. The van der Waals surface area contributed by atoms with Gasteiger partial charge in [0.2, 0.25) is 0 Å². The van der Waals surface area contributed by atoms with Crippen LogP contribution >= 0.6 is 0 Å². The lowest BCUT2D eigenvalue weighted by atomic mass is 9.82. The molecule has 1 aliphatic heterocycles. The molecule has 1 heteroatoms. The zero-order chi connectivity index (χ0) is 9.10. The molecule has 0 saturated heterocycles. The van der Waals surface area contributed by atoms with Crippen molar-refractivity contribution in [3.8, 4) is 0 Å². The molecule has 0 aromatic rings. The van der Waals surface area contributed by atoms with E-state index in [-0.39, 0.29) is 0 Å². The van der Waals surface area contributed by atoms with Crippen LogP contribution in [-0.4, -0.2) is 12.6 Å². The Labute approximate surface area is 81.6 Å². The molecule has 0 spiro atoms. The third kappa shape index (κ3) is 2.34. The molecule has 1 nitrogen and oxygen atoms in total. The largest absolute Gasteiger partial charge is 0.310 e. The molecule has 1 fully saturated rings. The van der Waals surface area contributed by atoms with Gasteiger partial charge < -0.3 is 5.32 Å². The Morgan fingerprint density at radius 2 is 2.00 bits per heavy atom. The highest BCUT2D eigenvalue weighted by molar-refractivity contribution is 5.10. The Balaban J connectivity index is 1.94. The van der Waals surface area contributed by atoms with Gasteiger partial charge in [-0.3, -0.25) is 0 Å². The molecule has 2 rings (SSSR count). The Bertz CT molecular complexity index is 189. The fourth-order valence-electron chi connectivity index (χ4n) is 2.68. The van der Waals surface area contributed by atoms with E-state index in [4.69, 9.17) is 0 Å². The molecule has 1 aliphatic carbocycles. The predicted molar refractivity (Wildman–Crippen MR) is 56.7 cm³/mol. The first-order valence-electron chi connectivity index (χ1n) is 5.77. The van der Waals surface area contributed by atoms with E-state index < -0.39 is 0 Å². The van der Waals surface area contributed by atoms with Gasteiger partial charge in [0.1, 0.15) is 0 Å². The third-order valence-electron chi connectivity index (χ3n) is 3.52. The first-order valence-corrected chi connectivity index (χ1v) is 5.77. The maximum atomic E-state index is 3.64. The summed E-state index contributed by atoms with van der Waals surface area (Å²) in [5, 5.41) is 3.64. The minimum atomic E-state index is 0.703. The van der Waals surface area contributed by atoms with E-state index in [2.05, 4.69) is 18.3 Å². The topological polar surface area (TPSA) is 12.0 Å². The highest BCUT2D eigenvalue weighted by atomic mass is 14.9. The first-order chi connectivity index (χ1) is 6.36. The summed E-state index contributed by atoms with van der Waals surface area (Å²) in [4.78, 5) is 0. The zero-order valence-electron chi connectivity index (χ0n) is 8.68. The van der Waals surface area contributed by atoms with Crippen LogP contribution in [0.2, 0.25) is 0 Å². The van der Waals surface area contributed by atoms with Crippen molar-refractivity contribution in [2.24, 2.45) is 5.92 Å². The smallest absolute Gasteiger partial charge is 0.0280 e. The summed E-state index contributed by atoms with van der Waals surface area (Å²) in [5.74, 6) is 0.934. The molecule has 1 N–H and O–H groups in total. The molecular formula is C12H21N. The average molecular weight is 179 g/mol. The van der Waals surface area contributed by atoms with E-state index in [1.807, 2.05) is 0 Å². The summed E-state index contributed by atoms with van der Waals surface area (Å²) in [5.41, 5.74) is 1.59. The van der Waals surface area contributed by atoms with Crippen molar-refractivity contribution in [1.29, 1.82) is 0 Å². The zero-order valence-corrected chi connectivity index (χ0v) is 8.68. The number of hydrogen-bond acceptors (Lipinski definition) is 1. The quantitative estimate of drug-likeness (QED) is 0.610. The first kappa shape index (κ1) is 9.26. The Morgan fingerprint density at radius 3 is 2.69 bits per heavy atom. The Morgan fingerprint density at radius 1 is 1.23 bits per heavy atom. The molecule has 13 heavy (non-hydrogen) atoms. The Hall–Kier alpha value is -0.300. The van der Waals surface area contributed by atoms with Gasteiger partial charge in [-0.05, 0) is 38.6 Å². The summed E-state index contributed by atoms with van der Waals surface area (Å²) in [6.07, 6.45) is 11.0. The lowest BCUT2D eigenvalue weighted by Crippen LogP contribution is -2.39. The van der Waals surface area contributed by atoms with Gasteiger partial charge >= 0.3 is 0 Å². The standard InChI is InChI=1S/C12H21N/c1-10-7-8-13-12(9-10)11-5-3-2-4-6-11/h9,11-13H,2-8H2,1H3. The van der Waals surface area contributed by atoms with Crippen molar-refractivity contribution < 1.29 is 0 Å². The van der Waals surface area contributed by atoms with E-state index in [0.717, 1.165) is 5.92 Å². The summed E-state index contributed by atoms with van der Waals surface area (Å²) in [7, 11) is 0. The van der Waals surface area contributed by atoms with E-state index in [0.29, 0.717) is 6.04 Å². The minimum absolute atomic E-state index is 0.703. The van der Waals surface area contributed by atoms with Crippen LogP contribution in [0.1, 0.15) is 45.4 Å². The summed E-state index contributed by atoms with van der Waals surface area (Å²) in [6.45, 7) is 3.47. The van der Waals surface area contributed by atoms with Gasteiger partial charge in [0.05, 0.1) is 0 Å². The molecular weight excluding hydrogens is 158 g/mol. The van der Waals surface area contributed by atoms with Crippen molar-refractivity contribution in [1.82, 2.24) is 5.32 Å². The van der Waals surface area contributed by atoms with Gasteiger partial charge in [-0.25, -0.2) is 0 Å². The molecule has 1 saturated carbocycles. The summed E-state index contributed by atoms with van der Waals surface area (Å²) in [6, 6.07) is 0.703. The molecule has 0 aromatic carbocycles. The molecule has 0 bridgehead atoms. The van der Waals surface area contributed by atoms with Crippen LogP contribution in [0.15, 0.2) is 11.6 Å². The number of rotatable bonds is 1. The van der Waals surface area contributed by atoms with Crippen molar-refractivity contribution in [3.05, 3.63) is 11.6 Å². The van der Waals surface area contributed by atoms with E-state index >= 15 is 0 Å². The van der Waals surface area contributed by atoms with Crippen molar-refractivity contribution in [2.75, 3.05) is 6.54 Å². The lowest BCUT2D eigenvalue weighted by Gasteiger charge is -2.32. The molecule has 0 radical (unpaired) electrons. The number of nitrogens with one attached hydrogen (secondary N) is 1. The Kier molecular flexibility index (Phi) is 3.05. The molecule has 1 unspecified atom stereocenters. The molecule has 0 amide bonds. The maximum Gasteiger partial charge on any atom is 0.0280 e. The predicted octanol–water partition coefficient (Wildman–Crippen LogP) is 2.87. The third-order valence-corrected chi connectivity index (χ3v) is 3.52. The lowest BCUT2D eigenvalue weighted by molar-refractivity contribution is 0.295. The van der Waals surface area contributed by atoms with Gasteiger partial charge in [0.15, 0.2) is 0 Å². The highest BCUT2D eigenvalue weighted by Gasteiger charge is 2.23. The van der Waals surface area contributed by atoms with Gasteiger partial charge in [-0.2, -0.15) is 0 Å². The van der Waals surface area contributed by atoms with Crippen molar-refractivity contribution >= 4 is 0 Å².